The van der Waals surface area contributed by atoms with Gasteiger partial charge in [-0.1, -0.05) is 29.8 Å². The van der Waals surface area contributed by atoms with E-state index >= 15 is 0 Å². The highest BCUT2D eigenvalue weighted by Crippen LogP contribution is 2.18. The van der Waals surface area contributed by atoms with Crippen LogP contribution < -0.4 is 5.32 Å². The van der Waals surface area contributed by atoms with Crippen LogP contribution in [0.1, 0.15) is 43.2 Å². The maximum Gasteiger partial charge on any atom is 0.222 e. The Labute approximate surface area is 147 Å². The molecule has 0 aromatic heterocycles. The van der Waals surface area contributed by atoms with Gasteiger partial charge < -0.3 is 10.2 Å². The number of piperidine rings is 1. The van der Waals surface area contributed by atoms with E-state index in [1.807, 2.05) is 7.05 Å². The molecule has 0 spiro atoms. The van der Waals surface area contributed by atoms with E-state index in [9.17, 15) is 4.79 Å². The standard InChI is InChI=1S/C19H30N2O.ClH/c1-16-7-9-17(10-8-16)5-3-4-6-19(22)21-13-11-18(12-14-21)15-20-2;/h7-10,18,20H,3-6,11-15H2,1-2H3;1H. The molecular weight excluding hydrogens is 308 g/mol. The molecule has 1 aromatic carbocycles. The third-order valence-electron chi connectivity index (χ3n) is 4.69. The highest BCUT2D eigenvalue weighted by Gasteiger charge is 2.21. The van der Waals surface area contributed by atoms with E-state index in [0.717, 1.165) is 57.7 Å². The zero-order chi connectivity index (χ0) is 15.8. The second kappa shape index (κ2) is 10.7. The molecule has 1 aliphatic heterocycles. The molecule has 0 atom stereocenters. The van der Waals surface area contributed by atoms with Crippen molar-refractivity contribution in [3.05, 3.63) is 35.4 Å². The second-order valence-electron chi connectivity index (χ2n) is 6.57. The van der Waals surface area contributed by atoms with Crippen molar-refractivity contribution in [1.29, 1.82) is 0 Å². The molecule has 1 aliphatic rings. The van der Waals surface area contributed by atoms with Gasteiger partial charge in [-0.15, -0.1) is 12.4 Å². The Morgan fingerprint density at radius 2 is 1.83 bits per heavy atom. The quantitative estimate of drug-likeness (QED) is 0.770. The Morgan fingerprint density at radius 3 is 2.43 bits per heavy atom. The first-order valence-corrected chi connectivity index (χ1v) is 8.67. The van der Waals surface area contributed by atoms with Crippen LogP contribution in [-0.2, 0) is 11.2 Å². The lowest BCUT2D eigenvalue weighted by Gasteiger charge is -2.32. The Hall–Kier alpha value is -1.06. The van der Waals surface area contributed by atoms with Gasteiger partial charge in [0.2, 0.25) is 5.91 Å². The van der Waals surface area contributed by atoms with Gasteiger partial charge in [-0.3, -0.25) is 4.79 Å². The summed E-state index contributed by atoms with van der Waals surface area (Å²) in [5.74, 6) is 1.10. The number of benzene rings is 1. The summed E-state index contributed by atoms with van der Waals surface area (Å²) in [7, 11) is 2.01. The van der Waals surface area contributed by atoms with Crippen LogP contribution in [0.15, 0.2) is 24.3 Å². The van der Waals surface area contributed by atoms with Crippen molar-refractivity contribution in [3.8, 4) is 0 Å². The normalized spacial score (nSPS) is 15.3. The first-order chi connectivity index (χ1) is 10.7. The van der Waals surface area contributed by atoms with Gasteiger partial charge in [0.05, 0.1) is 0 Å². The van der Waals surface area contributed by atoms with Crippen molar-refractivity contribution in [2.45, 2.75) is 45.4 Å². The zero-order valence-corrected chi connectivity index (χ0v) is 15.3. The molecule has 0 unspecified atom stereocenters. The van der Waals surface area contributed by atoms with E-state index in [0.29, 0.717) is 12.3 Å². The summed E-state index contributed by atoms with van der Waals surface area (Å²) in [6.07, 6.45) is 6.19. The summed E-state index contributed by atoms with van der Waals surface area (Å²) in [6.45, 7) is 5.09. The highest BCUT2D eigenvalue weighted by atomic mass is 35.5. The molecule has 2 rings (SSSR count). The second-order valence-corrected chi connectivity index (χ2v) is 6.57. The number of likely N-dealkylation sites (tertiary alicyclic amines) is 1. The summed E-state index contributed by atoms with van der Waals surface area (Å²) in [5.41, 5.74) is 2.69. The Morgan fingerprint density at radius 1 is 1.17 bits per heavy atom. The predicted molar refractivity (Wildman–Crippen MR) is 99.2 cm³/mol. The first-order valence-electron chi connectivity index (χ1n) is 8.67. The number of halogens is 1. The molecular formula is C19H31ClN2O. The SMILES string of the molecule is CNCC1CCN(C(=O)CCCCc2ccc(C)cc2)CC1.Cl. The first kappa shape index (κ1) is 20.0. The van der Waals surface area contributed by atoms with Crippen molar-refractivity contribution in [2.75, 3.05) is 26.7 Å². The summed E-state index contributed by atoms with van der Waals surface area (Å²) >= 11 is 0. The monoisotopic (exact) mass is 338 g/mol. The van der Waals surface area contributed by atoms with Crippen LogP contribution in [0.3, 0.4) is 0 Å². The average Bonchev–Trinajstić information content (AvgIpc) is 2.54. The largest absolute Gasteiger partial charge is 0.343 e. The van der Waals surface area contributed by atoms with Crippen molar-refractivity contribution >= 4 is 18.3 Å². The van der Waals surface area contributed by atoms with Gasteiger partial charge in [0.25, 0.3) is 0 Å². The number of hydrogen-bond donors (Lipinski definition) is 1. The van der Waals surface area contributed by atoms with Gasteiger partial charge in [0, 0.05) is 19.5 Å². The number of aryl methyl sites for hydroxylation is 2. The third-order valence-corrected chi connectivity index (χ3v) is 4.69. The maximum atomic E-state index is 12.2. The van der Waals surface area contributed by atoms with E-state index in [4.69, 9.17) is 0 Å². The fraction of sp³-hybridized carbons (Fsp3) is 0.632. The van der Waals surface area contributed by atoms with Crippen LogP contribution in [0.25, 0.3) is 0 Å². The molecule has 0 saturated carbocycles. The van der Waals surface area contributed by atoms with Crippen molar-refractivity contribution in [2.24, 2.45) is 5.92 Å². The van der Waals surface area contributed by atoms with E-state index in [2.05, 4.69) is 41.4 Å². The van der Waals surface area contributed by atoms with E-state index < -0.39 is 0 Å². The number of rotatable bonds is 7. The number of nitrogens with zero attached hydrogens (tertiary/aromatic N) is 1. The molecule has 1 aromatic rings. The molecule has 0 aliphatic carbocycles. The fourth-order valence-electron chi connectivity index (χ4n) is 3.19. The molecule has 1 N–H and O–H groups in total. The minimum Gasteiger partial charge on any atom is -0.343 e. The molecule has 0 radical (unpaired) electrons. The third kappa shape index (κ3) is 6.92. The number of nitrogens with one attached hydrogen (secondary N) is 1. The topological polar surface area (TPSA) is 32.3 Å². The number of carbonyl (C=O) groups excluding carboxylic acids is 1. The van der Waals surface area contributed by atoms with E-state index in [1.165, 1.54) is 11.1 Å². The van der Waals surface area contributed by atoms with Gasteiger partial charge >= 0.3 is 0 Å². The average molecular weight is 339 g/mol. The van der Waals surface area contributed by atoms with Gasteiger partial charge in [0.1, 0.15) is 0 Å². The lowest BCUT2D eigenvalue weighted by atomic mass is 9.96. The van der Waals surface area contributed by atoms with Gasteiger partial charge in [-0.05, 0) is 64.1 Å². The van der Waals surface area contributed by atoms with Crippen LogP contribution in [0.4, 0.5) is 0 Å². The van der Waals surface area contributed by atoms with Gasteiger partial charge in [-0.25, -0.2) is 0 Å². The molecule has 3 nitrogen and oxygen atoms in total. The molecule has 1 amide bonds. The molecule has 1 heterocycles. The Bertz CT molecular complexity index is 453. The van der Waals surface area contributed by atoms with Crippen molar-refractivity contribution in [1.82, 2.24) is 10.2 Å². The number of unbranched alkanes of at least 4 members (excludes halogenated alkanes) is 1. The summed E-state index contributed by atoms with van der Waals surface area (Å²) < 4.78 is 0. The number of amides is 1. The maximum absolute atomic E-state index is 12.2. The van der Waals surface area contributed by atoms with Crippen LogP contribution in [0.5, 0.6) is 0 Å². The van der Waals surface area contributed by atoms with Gasteiger partial charge in [-0.2, -0.15) is 0 Å². The molecule has 23 heavy (non-hydrogen) atoms. The Balaban J connectivity index is 0.00000264. The zero-order valence-electron chi connectivity index (χ0n) is 14.5. The summed E-state index contributed by atoms with van der Waals surface area (Å²) in [5, 5.41) is 3.24. The minimum atomic E-state index is 0. The van der Waals surface area contributed by atoms with Crippen molar-refractivity contribution in [3.63, 3.8) is 0 Å². The Kier molecular flexibility index (Phi) is 9.27. The van der Waals surface area contributed by atoms with Crippen LogP contribution >= 0.6 is 12.4 Å². The number of hydrogen-bond acceptors (Lipinski definition) is 2. The summed E-state index contributed by atoms with van der Waals surface area (Å²) in [4.78, 5) is 14.3. The molecule has 4 heteroatoms. The van der Waals surface area contributed by atoms with E-state index in [-0.39, 0.29) is 12.4 Å². The minimum absolute atomic E-state index is 0. The molecule has 0 bridgehead atoms. The van der Waals surface area contributed by atoms with Crippen LogP contribution in [0.2, 0.25) is 0 Å². The summed E-state index contributed by atoms with van der Waals surface area (Å²) in [6, 6.07) is 8.72. The smallest absolute Gasteiger partial charge is 0.222 e. The number of carbonyl (C=O) groups is 1. The lowest BCUT2D eigenvalue weighted by Crippen LogP contribution is -2.40. The molecule has 130 valence electrons. The van der Waals surface area contributed by atoms with Gasteiger partial charge in [0.15, 0.2) is 0 Å². The van der Waals surface area contributed by atoms with Crippen molar-refractivity contribution < 1.29 is 4.79 Å². The predicted octanol–water partition coefficient (Wildman–Crippen LogP) is 3.59. The van der Waals surface area contributed by atoms with Crippen LogP contribution in [0, 0.1) is 12.8 Å². The van der Waals surface area contributed by atoms with E-state index in [1.54, 1.807) is 0 Å². The fourth-order valence-corrected chi connectivity index (χ4v) is 3.19. The lowest BCUT2D eigenvalue weighted by molar-refractivity contribution is -0.132. The highest BCUT2D eigenvalue weighted by molar-refractivity contribution is 5.85. The van der Waals surface area contributed by atoms with Crippen LogP contribution in [-0.4, -0.2) is 37.5 Å². The molecule has 1 saturated heterocycles. The molecule has 1 fully saturated rings.